The number of carbonyl (C=O) groups excluding carboxylic acids is 1. The predicted molar refractivity (Wildman–Crippen MR) is 77.1 cm³/mol. The fourth-order valence-electron chi connectivity index (χ4n) is 1.80. The Morgan fingerprint density at radius 1 is 1.17 bits per heavy atom. The van der Waals surface area contributed by atoms with Gasteiger partial charge < -0.3 is 10.1 Å². The molecule has 108 valence electrons. The van der Waals surface area contributed by atoms with Gasteiger partial charge in [0.25, 0.3) is 0 Å². The maximum atomic E-state index is 11.5. The molecular formula is C14H28ClNO2. The molecule has 18 heavy (non-hydrogen) atoms. The molecule has 0 saturated carbocycles. The van der Waals surface area contributed by atoms with E-state index >= 15 is 0 Å². The number of methoxy groups -OCH3 is 1. The van der Waals surface area contributed by atoms with Gasteiger partial charge in [0.2, 0.25) is 5.91 Å². The van der Waals surface area contributed by atoms with Gasteiger partial charge in [-0.25, -0.2) is 0 Å². The van der Waals surface area contributed by atoms with Crippen molar-refractivity contribution >= 4 is 17.5 Å². The molecule has 0 aromatic carbocycles. The molecule has 0 spiro atoms. The molecular weight excluding hydrogens is 250 g/mol. The van der Waals surface area contributed by atoms with Gasteiger partial charge in [-0.1, -0.05) is 45.4 Å². The van der Waals surface area contributed by atoms with E-state index < -0.39 is 0 Å². The second kappa shape index (κ2) is 13.2. The normalized spacial score (nSPS) is 12.4. The fraction of sp³-hybridized carbons (Fsp3) is 0.929. The highest BCUT2D eigenvalue weighted by atomic mass is 35.5. The number of carbonyl (C=O) groups is 1. The summed E-state index contributed by atoms with van der Waals surface area (Å²) in [6.07, 6.45) is 9.23. The highest BCUT2D eigenvalue weighted by Gasteiger charge is 2.06. The number of rotatable bonds is 12. The Hall–Kier alpha value is -0.280. The molecule has 0 rings (SSSR count). The van der Waals surface area contributed by atoms with Gasteiger partial charge in [0.05, 0.1) is 12.0 Å². The smallest absolute Gasteiger partial charge is 0.220 e. The minimum absolute atomic E-state index is 0.102. The van der Waals surface area contributed by atoms with E-state index in [0.717, 1.165) is 12.8 Å². The van der Waals surface area contributed by atoms with Crippen molar-refractivity contribution in [3.63, 3.8) is 0 Å². The summed E-state index contributed by atoms with van der Waals surface area (Å²) in [5.74, 6) is 0.102. The van der Waals surface area contributed by atoms with E-state index in [-0.39, 0.29) is 11.3 Å². The molecule has 0 aliphatic carbocycles. The van der Waals surface area contributed by atoms with Crippen LogP contribution >= 0.6 is 11.6 Å². The average Bonchev–Trinajstić information content (AvgIpc) is 2.35. The Morgan fingerprint density at radius 2 is 1.78 bits per heavy atom. The first-order valence-corrected chi connectivity index (χ1v) is 7.54. The first-order chi connectivity index (χ1) is 8.70. The molecule has 1 unspecified atom stereocenters. The molecule has 4 heteroatoms. The SMILES string of the molecule is CCCCCCCCCC(=O)NCC(Cl)COC. The Kier molecular flexibility index (Phi) is 13.0. The van der Waals surface area contributed by atoms with Crippen molar-refractivity contribution in [1.82, 2.24) is 5.32 Å². The van der Waals surface area contributed by atoms with Crippen LogP contribution in [-0.4, -0.2) is 31.5 Å². The first kappa shape index (κ1) is 17.7. The van der Waals surface area contributed by atoms with Gasteiger partial charge in [-0.2, -0.15) is 0 Å². The van der Waals surface area contributed by atoms with E-state index in [9.17, 15) is 4.79 Å². The predicted octanol–water partition coefficient (Wildman–Crippen LogP) is 3.50. The minimum Gasteiger partial charge on any atom is -0.383 e. The van der Waals surface area contributed by atoms with Crippen LogP contribution in [0.2, 0.25) is 0 Å². The zero-order valence-corrected chi connectivity index (χ0v) is 12.6. The van der Waals surface area contributed by atoms with Crippen LogP contribution in [0.25, 0.3) is 0 Å². The summed E-state index contributed by atoms with van der Waals surface area (Å²) in [6.45, 7) is 3.18. The zero-order chi connectivity index (χ0) is 13.6. The van der Waals surface area contributed by atoms with Gasteiger partial charge in [0.1, 0.15) is 0 Å². The Morgan fingerprint density at radius 3 is 2.39 bits per heavy atom. The van der Waals surface area contributed by atoms with Crippen LogP contribution in [0.3, 0.4) is 0 Å². The van der Waals surface area contributed by atoms with Crippen molar-refractivity contribution in [3.8, 4) is 0 Å². The quantitative estimate of drug-likeness (QED) is 0.438. The number of unbranched alkanes of at least 4 members (excludes halogenated alkanes) is 6. The molecule has 0 aromatic rings. The number of ether oxygens (including phenoxy) is 1. The molecule has 3 nitrogen and oxygen atoms in total. The molecule has 0 bridgehead atoms. The average molecular weight is 278 g/mol. The largest absolute Gasteiger partial charge is 0.383 e. The van der Waals surface area contributed by atoms with Gasteiger partial charge in [-0.05, 0) is 6.42 Å². The van der Waals surface area contributed by atoms with Gasteiger partial charge >= 0.3 is 0 Å². The monoisotopic (exact) mass is 277 g/mol. The molecule has 0 aromatic heterocycles. The van der Waals surface area contributed by atoms with Crippen molar-refractivity contribution in [1.29, 1.82) is 0 Å². The van der Waals surface area contributed by atoms with Crippen LogP contribution < -0.4 is 5.32 Å². The standard InChI is InChI=1S/C14H28ClNO2/c1-3-4-5-6-7-8-9-10-14(17)16-11-13(15)12-18-2/h13H,3-12H2,1-2H3,(H,16,17). The zero-order valence-electron chi connectivity index (χ0n) is 11.8. The lowest BCUT2D eigenvalue weighted by molar-refractivity contribution is -0.121. The fourth-order valence-corrected chi connectivity index (χ4v) is 2.00. The van der Waals surface area contributed by atoms with Crippen LogP contribution in [0.1, 0.15) is 58.3 Å². The maximum Gasteiger partial charge on any atom is 0.220 e. The van der Waals surface area contributed by atoms with Crippen molar-refractivity contribution in [2.75, 3.05) is 20.3 Å². The summed E-state index contributed by atoms with van der Waals surface area (Å²) in [5.41, 5.74) is 0. The third-order valence-electron chi connectivity index (χ3n) is 2.88. The third-order valence-corrected chi connectivity index (χ3v) is 3.16. The van der Waals surface area contributed by atoms with Gasteiger partial charge in [-0.15, -0.1) is 11.6 Å². The molecule has 0 aliphatic heterocycles. The Labute approximate surface area is 117 Å². The Balaban J connectivity index is 3.26. The topological polar surface area (TPSA) is 38.3 Å². The second-order valence-corrected chi connectivity index (χ2v) is 5.35. The molecule has 1 N–H and O–H groups in total. The lowest BCUT2D eigenvalue weighted by Gasteiger charge is -2.09. The van der Waals surface area contributed by atoms with E-state index in [1.807, 2.05) is 0 Å². The van der Waals surface area contributed by atoms with E-state index in [0.29, 0.717) is 19.6 Å². The number of nitrogens with one attached hydrogen (secondary N) is 1. The highest BCUT2D eigenvalue weighted by molar-refractivity contribution is 6.21. The van der Waals surface area contributed by atoms with Gasteiger partial charge in [0.15, 0.2) is 0 Å². The lowest BCUT2D eigenvalue weighted by Crippen LogP contribution is -2.31. The van der Waals surface area contributed by atoms with Crippen LogP contribution in [-0.2, 0) is 9.53 Å². The van der Waals surface area contributed by atoms with E-state index in [1.54, 1.807) is 7.11 Å². The molecule has 0 saturated heterocycles. The summed E-state index contributed by atoms with van der Waals surface area (Å²) < 4.78 is 4.90. The number of alkyl halides is 1. The van der Waals surface area contributed by atoms with Crippen LogP contribution in [0.4, 0.5) is 0 Å². The number of hydrogen-bond donors (Lipinski definition) is 1. The van der Waals surface area contributed by atoms with E-state index in [2.05, 4.69) is 12.2 Å². The minimum atomic E-state index is -0.131. The van der Waals surface area contributed by atoms with Gasteiger partial charge in [0, 0.05) is 20.1 Å². The first-order valence-electron chi connectivity index (χ1n) is 7.10. The van der Waals surface area contributed by atoms with Gasteiger partial charge in [-0.3, -0.25) is 4.79 Å². The lowest BCUT2D eigenvalue weighted by atomic mass is 10.1. The summed E-state index contributed by atoms with van der Waals surface area (Å²) in [5, 5.41) is 2.70. The summed E-state index contributed by atoms with van der Waals surface area (Å²) in [4.78, 5) is 11.5. The highest BCUT2D eigenvalue weighted by Crippen LogP contribution is 2.08. The third kappa shape index (κ3) is 12.2. The number of amides is 1. The van der Waals surface area contributed by atoms with Crippen molar-refractivity contribution in [2.45, 2.75) is 63.7 Å². The number of hydrogen-bond acceptors (Lipinski definition) is 2. The molecule has 0 fully saturated rings. The molecule has 1 atom stereocenters. The van der Waals surface area contributed by atoms with Crippen molar-refractivity contribution in [3.05, 3.63) is 0 Å². The summed E-state index contributed by atoms with van der Waals surface area (Å²) in [6, 6.07) is 0. The van der Waals surface area contributed by atoms with Crippen molar-refractivity contribution < 1.29 is 9.53 Å². The molecule has 0 radical (unpaired) electrons. The summed E-state index contributed by atoms with van der Waals surface area (Å²) >= 11 is 5.92. The maximum absolute atomic E-state index is 11.5. The molecule has 1 amide bonds. The molecule has 0 heterocycles. The van der Waals surface area contributed by atoms with Crippen LogP contribution in [0.15, 0.2) is 0 Å². The van der Waals surface area contributed by atoms with Crippen LogP contribution in [0.5, 0.6) is 0 Å². The van der Waals surface area contributed by atoms with E-state index in [4.69, 9.17) is 16.3 Å². The molecule has 0 aliphatic rings. The Bertz CT molecular complexity index is 200. The second-order valence-electron chi connectivity index (χ2n) is 4.73. The number of halogens is 1. The van der Waals surface area contributed by atoms with Crippen LogP contribution in [0, 0.1) is 0 Å². The summed E-state index contributed by atoms with van der Waals surface area (Å²) in [7, 11) is 1.61. The van der Waals surface area contributed by atoms with E-state index in [1.165, 1.54) is 32.1 Å². The van der Waals surface area contributed by atoms with Crippen molar-refractivity contribution in [2.24, 2.45) is 0 Å².